The molecule has 3 rings (SSSR count). The van der Waals surface area contributed by atoms with Crippen LogP contribution in [0, 0.1) is 10.1 Å². The zero-order valence-corrected chi connectivity index (χ0v) is 14.8. The van der Waals surface area contributed by atoms with Crippen LogP contribution in [0.4, 0.5) is 5.69 Å². The number of carbonyl (C=O) groups is 1. The minimum atomic E-state index is -0.460. The SMILES string of the molecule is C[C@@H]1S/C(=N/N=C\c2cccc([N+](=O)[O-])c2)N(Cc2ccccc2)C1=O. The van der Waals surface area contributed by atoms with Crippen LogP contribution in [0.1, 0.15) is 18.1 Å². The molecule has 132 valence electrons. The summed E-state index contributed by atoms with van der Waals surface area (Å²) < 4.78 is 0. The molecule has 1 heterocycles. The molecule has 8 heteroatoms. The van der Waals surface area contributed by atoms with Gasteiger partial charge in [-0.25, -0.2) is 0 Å². The molecule has 0 bridgehead atoms. The van der Waals surface area contributed by atoms with Gasteiger partial charge in [-0.3, -0.25) is 19.8 Å². The molecule has 7 nitrogen and oxygen atoms in total. The molecule has 0 spiro atoms. The van der Waals surface area contributed by atoms with Crippen molar-refractivity contribution in [2.45, 2.75) is 18.7 Å². The lowest BCUT2D eigenvalue weighted by molar-refractivity contribution is -0.384. The number of nitro benzene ring substituents is 1. The second kappa shape index (κ2) is 7.92. The second-order valence-corrected chi connectivity index (χ2v) is 6.96. The third-order valence-corrected chi connectivity index (χ3v) is 4.81. The summed E-state index contributed by atoms with van der Waals surface area (Å²) in [6.45, 7) is 2.26. The van der Waals surface area contributed by atoms with Gasteiger partial charge in [0, 0.05) is 17.7 Å². The monoisotopic (exact) mass is 368 g/mol. The van der Waals surface area contributed by atoms with Crippen molar-refractivity contribution in [2.24, 2.45) is 10.2 Å². The summed E-state index contributed by atoms with van der Waals surface area (Å²) in [5.74, 6) is -0.0110. The van der Waals surface area contributed by atoms with Crippen LogP contribution in [0.15, 0.2) is 64.8 Å². The van der Waals surface area contributed by atoms with Crippen molar-refractivity contribution in [2.75, 3.05) is 0 Å². The number of hydrogen-bond acceptors (Lipinski definition) is 6. The molecule has 26 heavy (non-hydrogen) atoms. The molecular formula is C18H16N4O3S. The van der Waals surface area contributed by atoms with E-state index in [-0.39, 0.29) is 16.8 Å². The number of nitro groups is 1. The normalized spacial score (nSPS) is 18.8. The Bertz CT molecular complexity index is 883. The largest absolute Gasteiger partial charge is 0.284 e. The van der Waals surface area contributed by atoms with Crippen molar-refractivity contribution >= 4 is 34.7 Å². The van der Waals surface area contributed by atoms with Crippen LogP contribution in [0.2, 0.25) is 0 Å². The zero-order chi connectivity index (χ0) is 18.5. The van der Waals surface area contributed by atoms with Crippen molar-refractivity contribution < 1.29 is 9.72 Å². The minimum Gasteiger partial charge on any atom is -0.284 e. The first kappa shape index (κ1) is 17.8. The van der Waals surface area contributed by atoms with Crippen molar-refractivity contribution in [3.05, 3.63) is 75.8 Å². The average molecular weight is 368 g/mol. The van der Waals surface area contributed by atoms with Crippen molar-refractivity contribution in [3.63, 3.8) is 0 Å². The molecule has 1 aliphatic rings. The van der Waals surface area contributed by atoms with E-state index in [1.807, 2.05) is 37.3 Å². The highest BCUT2D eigenvalue weighted by Crippen LogP contribution is 2.28. The van der Waals surface area contributed by atoms with E-state index in [0.29, 0.717) is 17.3 Å². The van der Waals surface area contributed by atoms with E-state index in [9.17, 15) is 14.9 Å². The zero-order valence-electron chi connectivity index (χ0n) is 14.0. The maximum absolute atomic E-state index is 12.4. The number of amidine groups is 1. The summed E-state index contributed by atoms with van der Waals surface area (Å²) in [6, 6.07) is 15.8. The molecule has 0 N–H and O–H groups in total. The van der Waals surface area contributed by atoms with E-state index in [2.05, 4.69) is 10.2 Å². The fourth-order valence-corrected chi connectivity index (χ4v) is 3.36. The molecule has 0 aliphatic carbocycles. The number of hydrogen-bond donors (Lipinski definition) is 0. The molecule has 1 atom stereocenters. The summed E-state index contributed by atoms with van der Waals surface area (Å²) in [6.07, 6.45) is 1.44. The third-order valence-electron chi connectivity index (χ3n) is 3.74. The van der Waals surface area contributed by atoms with E-state index >= 15 is 0 Å². The van der Waals surface area contributed by atoms with Crippen molar-refractivity contribution in [1.29, 1.82) is 0 Å². The smallest absolute Gasteiger partial charge is 0.270 e. The minimum absolute atomic E-state index is 0.00801. The first-order chi connectivity index (χ1) is 12.5. The Morgan fingerprint density at radius 3 is 2.73 bits per heavy atom. The quantitative estimate of drug-likeness (QED) is 0.459. The molecule has 2 aromatic rings. The molecule has 0 aromatic heterocycles. The summed E-state index contributed by atoms with van der Waals surface area (Å²) in [4.78, 5) is 24.3. The van der Waals surface area contributed by atoms with Gasteiger partial charge in [0.1, 0.15) is 0 Å². The van der Waals surface area contributed by atoms with Crippen LogP contribution in [-0.2, 0) is 11.3 Å². The Balaban J connectivity index is 1.78. The highest BCUT2D eigenvalue weighted by Gasteiger charge is 2.35. The topological polar surface area (TPSA) is 88.2 Å². The molecule has 0 unspecified atom stereocenters. The van der Waals surface area contributed by atoms with Crippen LogP contribution < -0.4 is 0 Å². The molecule has 2 aromatic carbocycles. The van der Waals surface area contributed by atoms with E-state index in [0.717, 1.165) is 5.56 Å². The number of rotatable bonds is 5. The Labute approximate surface area is 154 Å². The summed E-state index contributed by atoms with van der Waals surface area (Å²) in [5.41, 5.74) is 1.57. The Morgan fingerprint density at radius 1 is 1.23 bits per heavy atom. The van der Waals surface area contributed by atoms with Crippen LogP contribution in [0.25, 0.3) is 0 Å². The molecule has 0 saturated carbocycles. The van der Waals surface area contributed by atoms with Gasteiger partial charge in [0.15, 0.2) is 5.17 Å². The number of nitrogens with zero attached hydrogens (tertiary/aromatic N) is 4. The van der Waals surface area contributed by atoms with Crippen LogP contribution in [0.3, 0.4) is 0 Å². The van der Waals surface area contributed by atoms with Gasteiger partial charge in [-0.1, -0.05) is 54.2 Å². The summed E-state index contributed by atoms with van der Waals surface area (Å²) >= 11 is 1.35. The molecular weight excluding hydrogens is 352 g/mol. The Morgan fingerprint density at radius 2 is 2.00 bits per heavy atom. The maximum Gasteiger partial charge on any atom is 0.270 e. The first-order valence-electron chi connectivity index (χ1n) is 7.92. The highest BCUT2D eigenvalue weighted by molar-refractivity contribution is 8.15. The number of carbonyl (C=O) groups excluding carboxylic acids is 1. The summed E-state index contributed by atoms with van der Waals surface area (Å²) in [5, 5.41) is 19.3. The molecule has 0 radical (unpaired) electrons. The van der Waals surface area contributed by atoms with Gasteiger partial charge in [0.05, 0.1) is 22.9 Å². The van der Waals surface area contributed by atoms with E-state index in [4.69, 9.17) is 0 Å². The van der Waals surface area contributed by atoms with Gasteiger partial charge in [-0.15, -0.1) is 5.10 Å². The fraction of sp³-hybridized carbons (Fsp3) is 0.167. The van der Waals surface area contributed by atoms with Crippen LogP contribution in [-0.4, -0.2) is 32.4 Å². The first-order valence-corrected chi connectivity index (χ1v) is 8.80. The molecule has 1 aliphatic heterocycles. The number of thioether (sulfide) groups is 1. The average Bonchev–Trinajstić information content (AvgIpc) is 2.90. The molecule has 1 fully saturated rings. The molecule has 1 saturated heterocycles. The number of non-ortho nitro benzene ring substituents is 1. The van der Waals surface area contributed by atoms with E-state index < -0.39 is 4.92 Å². The lowest BCUT2D eigenvalue weighted by Crippen LogP contribution is -2.30. The Kier molecular flexibility index (Phi) is 5.43. The highest BCUT2D eigenvalue weighted by atomic mass is 32.2. The van der Waals surface area contributed by atoms with Crippen LogP contribution in [0.5, 0.6) is 0 Å². The third kappa shape index (κ3) is 4.15. The number of benzene rings is 2. The van der Waals surface area contributed by atoms with Gasteiger partial charge < -0.3 is 0 Å². The standard InChI is InChI=1S/C18H16N4O3S/c1-13-17(23)21(12-14-6-3-2-4-7-14)18(26-13)20-19-11-15-8-5-9-16(10-15)22(24)25/h2-11,13H,12H2,1H3/b19-11-,20-18+/t13-/m0/s1. The lowest BCUT2D eigenvalue weighted by atomic mass is 10.2. The van der Waals surface area contributed by atoms with Crippen molar-refractivity contribution in [1.82, 2.24) is 4.90 Å². The van der Waals surface area contributed by atoms with Gasteiger partial charge >= 0.3 is 0 Å². The van der Waals surface area contributed by atoms with Gasteiger partial charge in [-0.2, -0.15) is 5.10 Å². The van der Waals surface area contributed by atoms with E-state index in [1.54, 1.807) is 17.0 Å². The summed E-state index contributed by atoms with van der Waals surface area (Å²) in [7, 11) is 0. The van der Waals surface area contributed by atoms with Gasteiger partial charge in [-0.05, 0) is 12.5 Å². The van der Waals surface area contributed by atoms with Crippen LogP contribution >= 0.6 is 11.8 Å². The van der Waals surface area contributed by atoms with Gasteiger partial charge in [0.2, 0.25) is 5.91 Å². The van der Waals surface area contributed by atoms with Gasteiger partial charge in [0.25, 0.3) is 5.69 Å². The number of amides is 1. The Hall–Kier alpha value is -3.00. The molecule has 1 amide bonds. The maximum atomic E-state index is 12.4. The fourth-order valence-electron chi connectivity index (χ4n) is 2.44. The lowest BCUT2D eigenvalue weighted by Gasteiger charge is -2.15. The van der Waals surface area contributed by atoms with Crippen molar-refractivity contribution in [3.8, 4) is 0 Å². The predicted molar refractivity (Wildman–Crippen MR) is 102 cm³/mol. The predicted octanol–water partition coefficient (Wildman–Crippen LogP) is 3.45. The van der Waals surface area contributed by atoms with E-state index in [1.165, 1.54) is 30.1 Å². The second-order valence-electron chi connectivity index (χ2n) is 5.65.